The van der Waals surface area contributed by atoms with Gasteiger partial charge in [-0.1, -0.05) is 12.1 Å². The van der Waals surface area contributed by atoms with E-state index in [1.165, 1.54) is 0 Å². The molecule has 2 N–H and O–H groups in total. The fourth-order valence-corrected chi connectivity index (χ4v) is 1.43. The van der Waals surface area contributed by atoms with E-state index in [-0.39, 0.29) is 5.82 Å². The van der Waals surface area contributed by atoms with Gasteiger partial charge in [0.05, 0.1) is 4.47 Å². The standard InChI is InChI=1S/C10H9BrFN/c1-2-4-9(13)7-5-3-6-8(11)10(7)12/h1,3,5-6,9H,4,13H2. The first kappa shape index (κ1) is 10.2. The highest BCUT2D eigenvalue weighted by Gasteiger charge is 2.11. The highest BCUT2D eigenvalue weighted by atomic mass is 79.9. The largest absolute Gasteiger partial charge is 0.323 e. The lowest BCUT2D eigenvalue weighted by Crippen LogP contribution is -2.11. The molecule has 0 aliphatic heterocycles. The Balaban J connectivity index is 3.02. The van der Waals surface area contributed by atoms with Crippen LogP contribution in [-0.2, 0) is 0 Å². The van der Waals surface area contributed by atoms with Gasteiger partial charge < -0.3 is 5.73 Å². The Morgan fingerprint density at radius 2 is 2.31 bits per heavy atom. The molecule has 0 amide bonds. The molecule has 1 aromatic rings. The molecule has 0 saturated heterocycles. The zero-order chi connectivity index (χ0) is 9.84. The smallest absolute Gasteiger partial charge is 0.142 e. The minimum atomic E-state index is -0.428. The molecule has 0 aliphatic rings. The lowest BCUT2D eigenvalue weighted by atomic mass is 10.0. The van der Waals surface area contributed by atoms with Crippen LogP contribution in [0.2, 0.25) is 0 Å². The van der Waals surface area contributed by atoms with Crippen molar-refractivity contribution < 1.29 is 4.39 Å². The zero-order valence-electron chi connectivity index (χ0n) is 6.93. The van der Waals surface area contributed by atoms with Crippen molar-refractivity contribution in [2.45, 2.75) is 12.5 Å². The van der Waals surface area contributed by atoms with Gasteiger partial charge in [0.2, 0.25) is 0 Å². The number of hydrogen-bond donors (Lipinski definition) is 1. The monoisotopic (exact) mass is 241 g/mol. The molecule has 13 heavy (non-hydrogen) atoms. The number of benzene rings is 1. The average molecular weight is 242 g/mol. The summed E-state index contributed by atoms with van der Waals surface area (Å²) in [6.45, 7) is 0. The summed E-state index contributed by atoms with van der Waals surface area (Å²) < 4.78 is 13.8. The summed E-state index contributed by atoms with van der Waals surface area (Å²) in [6.07, 6.45) is 5.43. The Labute approximate surface area is 85.3 Å². The van der Waals surface area contributed by atoms with E-state index >= 15 is 0 Å². The summed E-state index contributed by atoms with van der Waals surface area (Å²) in [6, 6.07) is 4.57. The summed E-state index contributed by atoms with van der Waals surface area (Å²) in [4.78, 5) is 0. The van der Waals surface area contributed by atoms with Gasteiger partial charge in [-0.3, -0.25) is 0 Å². The minimum Gasteiger partial charge on any atom is -0.323 e. The van der Waals surface area contributed by atoms with Crippen molar-refractivity contribution >= 4 is 15.9 Å². The zero-order valence-corrected chi connectivity index (χ0v) is 8.51. The number of terminal acetylenes is 1. The number of rotatable bonds is 2. The lowest BCUT2D eigenvalue weighted by Gasteiger charge is -2.10. The molecular formula is C10H9BrFN. The van der Waals surface area contributed by atoms with Gasteiger partial charge in [-0.05, 0) is 22.0 Å². The molecule has 0 aliphatic carbocycles. The molecule has 0 bridgehead atoms. The second kappa shape index (κ2) is 4.40. The van der Waals surface area contributed by atoms with Gasteiger partial charge in [0.25, 0.3) is 0 Å². The third kappa shape index (κ3) is 2.30. The van der Waals surface area contributed by atoms with Gasteiger partial charge in [0, 0.05) is 18.0 Å². The molecule has 1 rings (SSSR count). The van der Waals surface area contributed by atoms with E-state index in [1.807, 2.05) is 0 Å². The molecule has 0 aromatic heterocycles. The van der Waals surface area contributed by atoms with Gasteiger partial charge >= 0.3 is 0 Å². The summed E-state index contributed by atoms with van der Waals surface area (Å²) in [5.41, 5.74) is 6.12. The van der Waals surface area contributed by atoms with Crippen LogP contribution in [-0.4, -0.2) is 0 Å². The van der Waals surface area contributed by atoms with Crippen LogP contribution in [0.5, 0.6) is 0 Å². The van der Waals surface area contributed by atoms with Crippen LogP contribution in [0.4, 0.5) is 4.39 Å². The molecule has 1 nitrogen and oxygen atoms in total. The van der Waals surface area contributed by atoms with Gasteiger partial charge in [0.15, 0.2) is 0 Å². The molecule has 0 saturated carbocycles. The van der Waals surface area contributed by atoms with Crippen LogP contribution in [0.1, 0.15) is 18.0 Å². The molecule has 68 valence electrons. The number of nitrogens with two attached hydrogens (primary N) is 1. The summed E-state index contributed by atoms with van der Waals surface area (Å²) in [7, 11) is 0. The second-order valence-corrected chi connectivity index (χ2v) is 3.51. The first-order chi connectivity index (χ1) is 6.16. The summed E-state index contributed by atoms with van der Waals surface area (Å²) in [5, 5.41) is 0. The Morgan fingerprint density at radius 3 is 2.92 bits per heavy atom. The van der Waals surface area contributed by atoms with Crippen molar-refractivity contribution in [1.82, 2.24) is 0 Å². The maximum Gasteiger partial charge on any atom is 0.142 e. The first-order valence-electron chi connectivity index (χ1n) is 3.79. The maximum atomic E-state index is 13.4. The second-order valence-electron chi connectivity index (χ2n) is 2.66. The van der Waals surface area contributed by atoms with Crippen molar-refractivity contribution in [3.8, 4) is 12.3 Å². The molecule has 1 aromatic carbocycles. The van der Waals surface area contributed by atoms with Crippen molar-refractivity contribution in [1.29, 1.82) is 0 Å². The third-order valence-corrected chi connectivity index (χ3v) is 2.33. The SMILES string of the molecule is C#CCC(N)c1cccc(Br)c1F. The number of halogens is 2. The van der Waals surface area contributed by atoms with Crippen molar-refractivity contribution in [2.24, 2.45) is 5.73 Å². The van der Waals surface area contributed by atoms with E-state index in [2.05, 4.69) is 21.9 Å². The van der Waals surface area contributed by atoms with E-state index in [1.54, 1.807) is 18.2 Å². The molecule has 0 spiro atoms. The fourth-order valence-electron chi connectivity index (χ4n) is 1.04. The Kier molecular flexibility index (Phi) is 3.47. The molecule has 0 radical (unpaired) electrons. The molecule has 3 heteroatoms. The number of hydrogen-bond acceptors (Lipinski definition) is 1. The summed E-state index contributed by atoms with van der Waals surface area (Å²) >= 11 is 3.08. The predicted octanol–water partition coefficient (Wildman–Crippen LogP) is 2.61. The lowest BCUT2D eigenvalue weighted by molar-refractivity contribution is 0.580. The minimum absolute atomic E-state index is 0.328. The molecule has 0 heterocycles. The highest BCUT2D eigenvalue weighted by molar-refractivity contribution is 9.10. The van der Waals surface area contributed by atoms with Crippen molar-refractivity contribution in [3.63, 3.8) is 0 Å². The predicted molar refractivity (Wildman–Crippen MR) is 54.5 cm³/mol. The van der Waals surface area contributed by atoms with E-state index in [0.717, 1.165) is 0 Å². The topological polar surface area (TPSA) is 26.0 Å². The van der Waals surface area contributed by atoms with E-state index in [4.69, 9.17) is 12.2 Å². The van der Waals surface area contributed by atoms with Crippen molar-refractivity contribution in [3.05, 3.63) is 34.1 Å². The Hall–Kier alpha value is -0.850. The molecule has 0 fully saturated rings. The highest BCUT2D eigenvalue weighted by Crippen LogP contribution is 2.23. The van der Waals surface area contributed by atoms with E-state index < -0.39 is 6.04 Å². The van der Waals surface area contributed by atoms with Gasteiger partial charge in [0.1, 0.15) is 5.82 Å². The maximum absolute atomic E-state index is 13.4. The quantitative estimate of drug-likeness (QED) is 0.792. The van der Waals surface area contributed by atoms with Crippen LogP contribution < -0.4 is 5.73 Å². The first-order valence-corrected chi connectivity index (χ1v) is 4.59. The van der Waals surface area contributed by atoms with Crippen LogP contribution in [0.25, 0.3) is 0 Å². The molecule has 1 unspecified atom stereocenters. The molecule has 1 atom stereocenters. The van der Waals surface area contributed by atoms with E-state index in [9.17, 15) is 4.39 Å². The Morgan fingerprint density at radius 1 is 1.62 bits per heavy atom. The van der Waals surface area contributed by atoms with Gasteiger partial charge in [-0.25, -0.2) is 4.39 Å². The third-order valence-electron chi connectivity index (χ3n) is 1.72. The fraction of sp³-hybridized carbons (Fsp3) is 0.200. The van der Waals surface area contributed by atoms with Crippen LogP contribution in [0.3, 0.4) is 0 Å². The van der Waals surface area contributed by atoms with Crippen molar-refractivity contribution in [2.75, 3.05) is 0 Å². The van der Waals surface area contributed by atoms with E-state index in [0.29, 0.717) is 16.5 Å². The summed E-state index contributed by atoms with van der Waals surface area (Å²) in [5.74, 6) is 2.08. The van der Waals surface area contributed by atoms with Gasteiger partial charge in [-0.2, -0.15) is 0 Å². The Bertz CT molecular complexity index is 343. The normalized spacial score (nSPS) is 12.2. The van der Waals surface area contributed by atoms with Crippen LogP contribution in [0, 0.1) is 18.2 Å². The van der Waals surface area contributed by atoms with Crippen LogP contribution in [0.15, 0.2) is 22.7 Å². The van der Waals surface area contributed by atoms with Crippen LogP contribution >= 0.6 is 15.9 Å². The molecular weight excluding hydrogens is 233 g/mol. The average Bonchev–Trinajstić information content (AvgIpc) is 2.10. The van der Waals surface area contributed by atoms with Gasteiger partial charge in [-0.15, -0.1) is 12.3 Å².